The fourth-order valence-corrected chi connectivity index (χ4v) is 2.67. The molecule has 1 heterocycles. The Labute approximate surface area is 105 Å². The molecule has 1 rings (SSSR count). The Morgan fingerprint density at radius 3 is 2.88 bits per heavy atom. The average molecular weight is 261 g/mol. The van der Waals surface area contributed by atoms with Gasteiger partial charge < -0.3 is 5.32 Å². The molecule has 16 heavy (non-hydrogen) atoms. The van der Waals surface area contributed by atoms with Gasteiger partial charge in [0.25, 0.3) is 0 Å². The molecule has 1 aromatic heterocycles. The second kappa shape index (κ2) is 7.92. The van der Waals surface area contributed by atoms with Crippen molar-refractivity contribution in [2.24, 2.45) is 0 Å². The van der Waals surface area contributed by atoms with Crippen molar-refractivity contribution in [3.8, 4) is 0 Å². The molecule has 0 saturated carbocycles. The van der Waals surface area contributed by atoms with E-state index < -0.39 is 0 Å². The van der Waals surface area contributed by atoms with Crippen LogP contribution in [-0.2, 0) is 6.54 Å². The van der Waals surface area contributed by atoms with Crippen LogP contribution in [0.25, 0.3) is 0 Å². The topological polar surface area (TPSA) is 55.6 Å². The summed E-state index contributed by atoms with van der Waals surface area (Å²) in [5.41, 5.74) is 0. The SMILES string of the molecule is CSCCSc1nnnn1CCNC(C)C. The Morgan fingerprint density at radius 2 is 2.19 bits per heavy atom. The van der Waals surface area contributed by atoms with E-state index in [9.17, 15) is 0 Å². The standard InChI is InChI=1S/C9H19N5S2/c1-8(2)10-4-5-14-9(11-12-13-14)16-7-6-15-3/h8,10H,4-7H2,1-3H3. The monoisotopic (exact) mass is 261 g/mol. The first kappa shape index (κ1) is 13.8. The zero-order valence-electron chi connectivity index (χ0n) is 10.0. The number of thioether (sulfide) groups is 2. The first-order valence-electron chi connectivity index (χ1n) is 5.35. The van der Waals surface area contributed by atoms with Gasteiger partial charge in [-0.25, -0.2) is 4.68 Å². The molecule has 1 aromatic rings. The lowest BCUT2D eigenvalue weighted by atomic mass is 10.4. The molecule has 0 saturated heterocycles. The summed E-state index contributed by atoms with van der Waals surface area (Å²) in [6.45, 7) is 5.99. The van der Waals surface area contributed by atoms with Crippen LogP contribution in [0, 0.1) is 0 Å². The molecule has 0 radical (unpaired) electrons. The minimum atomic E-state index is 0.504. The zero-order valence-corrected chi connectivity index (χ0v) is 11.6. The van der Waals surface area contributed by atoms with Crippen molar-refractivity contribution in [1.82, 2.24) is 25.5 Å². The second-order valence-corrected chi connectivity index (χ2v) is 5.68. The fraction of sp³-hybridized carbons (Fsp3) is 0.889. The van der Waals surface area contributed by atoms with Crippen molar-refractivity contribution >= 4 is 23.5 Å². The van der Waals surface area contributed by atoms with Gasteiger partial charge in [-0.3, -0.25) is 0 Å². The van der Waals surface area contributed by atoms with Gasteiger partial charge in [-0.1, -0.05) is 25.6 Å². The van der Waals surface area contributed by atoms with Crippen LogP contribution in [0.1, 0.15) is 13.8 Å². The highest BCUT2D eigenvalue weighted by atomic mass is 32.2. The van der Waals surface area contributed by atoms with Gasteiger partial charge in [0.1, 0.15) is 0 Å². The van der Waals surface area contributed by atoms with Crippen LogP contribution in [0.3, 0.4) is 0 Å². The van der Waals surface area contributed by atoms with E-state index in [0.717, 1.165) is 29.8 Å². The first-order chi connectivity index (χ1) is 7.74. The summed E-state index contributed by atoms with van der Waals surface area (Å²) in [6, 6.07) is 0.504. The van der Waals surface area contributed by atoms with E-state index >= 15 is 0 Å². The van der Waals surface area contributed by atoms with Gasteiger partial charge >= 0.3 is 0 Å². The predicted octanol–water partition coefficient (Wildman–Crippen LogP) is 1.13. The van der Waals surface area contributed by atoms with Crippen LogP contribution in [0.2, 0.25) is 0 Å². The molecular weight excluding hydrogens is 242 g/mol. The lowest BCUT2D eigenvalue weighted by Gasteiger charge is -2.08. The molecule has 1 N–H and O–H groups in total. The minimum absolute atomic E-state index is 0.504. The molecule has 0 aliphatic carbocycles. The van der Waals surface area contributed by atoms with Gasteiger partial charge in [-0.05, 0) is 16.7 Å². The van der Waals surface area contributed by atoms with Gasteiger partial charge in [-0.2, -0.15) is 11.8 Å². The molecular formula is C9H19N5S2. The number of aromatic nitrogens is 4. The number of rotatable bonds is 8. The Hall–Kier alpha value is -0.270. The highest BCUT2D eigenvalue weighted by Gasteiger charge is 2.05. The van der Waals surface area contributed by atoms with Crippen molar-refractivity contribution in [2.75, 3.05) is 24.3 Å². The summed E-state index contributed by atoms with van der Waals surface area (Å²) in [7, 11) is 0. The Bertz CT molecular complexity index is 289. The lowest BCUT2D eigenvalue weighted by Crippen LogP contribution is -2.27. The average Bonchev–Trinajstić information content (AvgIpc) is 2.66. The highest BCUT2D eigenvalue weighted by molar-refractivity contribution is 8.02. The van der Waals surface area contributed by atoms with E-state index in [0.29, 0.717) is 6.04 Å². The maximum absolute atomic E-state index is 4.01. The zero-order chi connectivity index (χ0) is 11.8. The molecule has 0 fully saturated rings. The molecule has 0 unspecified atom stereocenters. The molecule has 0 atom stereocenters. The summed E-state index contributed by atoms with van der Waals surface area (Å²) >= 11 is 3.56. The highest BCUT2D eigenvalue weighted by Crippen LogP contribution is 2.14. The quantitative estimate of drug-likeness (QED) is 0.559. The maximum Gasteiger partial charge on any atom is 0.209 e. The third kappa shape index (κ3) is 5.18. The Balaban J connectivity index is 2.32. The smallest absolute Gasteiger partial charge is 0.209 e. The fourth-order valence-electron chi connectivity index (χ4n) is 1.12. The van der Waals surface area contributed by atoms with Crippen LogP contribution in [0.15, 0.2) is 5.16 Å². The van der Waals surface area contributed by atoms with Gasteiger partial charge in [0.05, 0.1) is 6.54 Å². The van der Waals surface area contributed by atoms with E-state index in [1.165, 1.54) is 0 Å². The normalized spacial score (nSPS) is 11.2. The molecule has 92 valence electrons. The van der Waals surface area contributed by atoms with Crippen LogP contribution in [0.4, 0.5) is 0 Å². The molecule has 0 aliphatic rings. The predicted molar refractivity (Wildman–Crippen MR) is 70.1 cm³/mol. The third-order valence-corrected chi connectivity index (χ3v) is 3.72. The minimum Gasteiger partial charge on any atom is -0.313 e. The van der Waals surface area contributed by atoms with Crippen molar-refractivity contribution in [1.29, 1.82) is 0 Å². The Morgan fingerprint density at radius 1 is 1.38 bits per heavy atom. The number of tetrazole rings is 1. The number of hydrogen-bond acceptors (Lipinski definition) is 6. The summed E-state index contributed by atoms with van der Waals surface area (Å²) in [4.78, 5) is 0. The molecule has 0 bridgehead atoms. The van der Waals surface area contributed by atoms with E-state index in [-0.39, 0.29) is 0 Å². The maximum atomic E-state index is 4.01. The van der Waals surface area contributed by atoms with E-state index in [1.54, 1.807) is 11.8 Å². The van der Waals surface area contributed by atoms with Crippen LogP contribution >= 0.6 is 23.5 Å². The van der Waals surface area contributed by atoms with Crippen LogP contribution in [-0.4, -0.2) is 50.6 Å². The third-order valence-electron chi connectivity index (χ3n) is 1.89. The molecule has 7 heteroatoms. The number of hydrogen-bond donors (Lipinski definition) is 1. The summed E-state index contributed by atoms with van der Waals surface area (Å²) < 4.78 is 1.86. The van der Waals surface area contributed by atoms with E-state index in [1.807, 2.05) is 16.4 Å². The largest absolute Gasteiger partial charge is 0.313 e. The number of nitrogens with one attached hydrogen (secondary N) is 1. The van der Waals surface area contributed by atoms with Gasteiger partial charge in [0, 0.05) is 24.1 Å². The van der Waals surface area contributed by atoms with Crippen molar-refractivity contribution in [2.45, 2.75) is 31.6 Å². The van der Waals surface area contributed by atoms with Crippen molar-refractivity contribution < 1.29 is 0 Å². The number of nitrogens with zero attached hydrogens (tertiary/aromatic N) is 4. The summed E-state index contributed by atoms with van der Waals surface area (Å²) in [6.07, 6.45) is 2.11. The Kier molecular flexibility index (Phi) is 6.82. The summed E-state index contributed by atoms with van der Waals surface area (Å²) in [5.74, 6) is 2.18. The van der Waals surface area contributed by atoms with Gasteiger partial charge in [0.15, 0.2) is 0 Å². The second-order valence-electron chi connectivity index (χ2n) is 3.63. The van der Waals surface area contributed by atoms with Crippen molar-refractivity contribution in [3.63, 3.8) is 0 Å². The molecule has 0 amide bonds. The van der Waals surface area contributed by atoms with Crippen LogP contribution < -0.4 is 5.32 Å². The lowest BCUT2D eigenvalue weighted by molar-refractivity contribution is 0.485. The molecule has 0 aromatic carbocycles. The first-order valence-corrected chi connectivity index (χ1v) is 7.73. The van der Waals surface area contributed by atoms with Crippen LogP contribution in [0.5, 0.6) is 0 Å². The molecule has 0 spiro atoms. The van der Waals surface area contributed by atoms with E-state index in [2.05, 4.69) is 40.9 Å². The molecule has 5 nitrogen and oxygen atoms in total. The summed E-state index contributed by atoms with van der Waals surface area (Å²) in [5, 5.41) is 16.0. The van der Waals surface area contributed by atoms with Gasteiger partial charge in [-0.15, -0.1) is 5.10 Å². The van der Waals surface area contributed by atoms with Crippen molar-refractivity contribution in [3.05, 3.63) is 0 Å². The van der Waals surface area contributed by atoms with Gasteiger partial charge in [0.2, 0.25) is 5.16 Å². The molecule has 0 aliphatic heterocycles. The van der Waals surface area contributed by atoms with E-state index in [4.69, 9.17) is 0 Å².